The highest BCUT2D eigenvalue weighted by atomic mass is 16.5. The minimum absolute atomic E-state index is 0.263. The predicted octanol–water partition coefficient (Wildman–Crippen LogP) is 6.24. The fourth-order valence-corrected chi connectivity index (χ4v) is 4.81. The maximum absolute atomic E-state index is 6.17. The van der Waals surface area contributed by atoms with E-state index in [0.29, 0.717) is 0 Å². The lowest BCUT2D eigenvalue weighted by Crippen LogP contribution is -2.33. The second kappa shape index (κ2) is 8.83. The SMILES string of the molecule is COc1cc2c(cc1OC)C(C)N(Cc1cc(OC)c3oc(-c4ccccc4)cc3c1)CC2. The van der Waals surface area contributed by atoms with Gasteiger partial charge in [0.2, 0.25) is 0 Å². The highest BCUT2D eigenvalue weighted by Gasteiger charge is 2.26. The van der Waals surface area contributed by atoms with Gasteiger partial charge in [0.25, 0.3) is 0 Å². The molecule has 33 heavy (non-hydrogen) atoms. The third-order valence-electron chi connectivity index (χ3n) is 6.62. The van der Waals surface area contributed by atoms with E-state index >= 15 is 0 Å². The number of benzene rings is 3. The lowest BCUT2D eigenvalue weighted by Gasteiger charge is -2.35. The Bertz CT molecular complexity index is 1280. The van der Waals surface area contributed by atoms with Crippen molar-refractivity contribution in [2.45, 2.75) is 25.9 Å². The van der Waals surface area contributed by atoms with Gasteiger partial charge >= 0.3 is 0 Å². The number of hydrogen-bond acceptors (Lipinski definition) is 5. The Morgan fingerprint density at radius 2 is 1.61 bits per heavy atom. The number of furan rings is 1. The molecule has 1 atom stereocenters. The van der Waals surface area contributed by atoms with E-state index in [1.807, 2.05) is 18.2 Å². The first-order valence-electron chi connectivity index (χ1n) is 11.3. The molecule has 1 aliphatic rings. The van der Waals surface area contributed by atoms with E-state index in [0.717, 1.165) is 59.1 Å². The molecule has 1 aliphatic heterocycles. The van der Waals surface area contributed by atoms with Crippen LogP contribution in [0, 0.1) is 0 Å². The average molecular weight is 444 g/mol. The molecule has 0 bridgehead atoms. The van der Waals surface area contributed by atoms with Gasteiger partial charge in [-0.05, 0) is 60.4 Å². The molecule has 0 saturated carbocycles. The molecular formula is C28H29NO4. The Balaban J connectivity index is 1.45. The van der Waals surface area contributed by atoms with Crippen molar-refractivity contribution >= 4 is 11.0 Å². The summed E-state index contributed by atoms with van der Waals surface area (Å²) in [6, 6.07) is 21.1. The third kappa shape index (κ3) is 3.93. The lowest BCUT2D eigenvalue weighted by atomic mass is 9.92. The zero-order valence-corrected chi connectivity index (χ0v) is 19.6. The van der Waals surface area contributed by atoms with Crippen LogP contribution in [0.1, 0.15) is 29.7 Å². The second-order valence-electron chi connectivity index (χ2n) is 8.50. The summed E-state index contributed by atoms with van der Waals surface area (Å²) in [7, 11) is 5.07. The van der Waals surface area contributed by atoms with E-state index in [1.54, 1.807) is 21.3 Å². The summed E-state index contributed by atoms with van der Waals surface area (Å²) >= 11 is 0. The summed E-state index contributed by atoms with van der Waals surface area (Å²) in [5, 5.41) is 1.06. The van der Waals surface area contributed by atoms with Crippen molar-refractivity contribution in [3.05, 3.63) is 77.4 Å². The van der Waals surface area contributed by atoms with E-state index in [4.69, 9.17) is 18.6 Å². The quantitative estimate of drug-likeness (QED) is 0.353. The van der Waals surface area contributed by atoms with Gasteiger partial charge in [-0.15, -0.1) is 0 Å². The molecule has 5 heteroatoms. The van der Waals surface area contributed by atoms with Crippen LogP contribution in [0.3, 0.4) is 0 Å². The zero-order valence-electron chi connectivity index (χ0n) is 19.6. The normalized spacial score (nSPS) is 15.9. The Hall–Kier alpha value is -3.44. The molecule has 0 fully saturated rings. The summed E-state index contributed by atoms with van der Waals surface area (Å²) in [5.74, 6) is 3.18. The molecule has 2 heterocycles. The molecule has 0 amide bonds. The van der Waals surface area contributed by atoms with Gasteiger partial charge in [-0.3, -0.25) is 4.90 Å². The van der Waals surface area contributed by atoms with E-state index in [9.17, 15) is 0 Å². The van der Waals surface area contributed by atoms with E-state index in [1.165, 1.54) is 16.7 Å². The van der Waals surface area contributed by atoms with Crippen molar-refractivity contribution in [1.82, 2.24) is 4.90 Å². The maximum atomic E-state index is 6.17. The van der Waals surface area contributed by atoms with Crippen molar-refractivity contribution < 1.29 is 18.6 Å². The number of methoxy groups -OCH3 is 3. The van der Waals surface area contributed by atoms with Crippen LogP contribution in [-0.2, 0) is 13.0 Å². The van der Waals surface area contributed by atoms with Gasteiger partial charge in [-0.2, -0.15) is 0 Å². The molecular weight excluding hydrogens is 414 g/mol. The molecule has 0 N–H and O–H groups in total. The van der Waals surface area contributed by atoms with Gasteiger partial charge in [-0.1, -0.05) is 30.3 Å². The number of ether oxygens (including phenoxy) is 3. The molecule has 4 aromatic rings. The van der Waals surface area contributed by atoms with E-state index in [-0.39, 0.29) is 6.04 Å². The molecule has 1 unspecified atom stereocenters. The van der Waals surface area contributed by atoms with Gasteiger partial charge < -0.3 is 18.6 Å². The lowest BCUT2D eigenvalue weighted by molar-refractivity contribution is 0.188. The highest BCUT2D eigenvalue weighted by molar-refractivity contribution is 5.88. The first kappa shape index (κ1) is 21.4. The summed E-state index contributed by atoms with van der Waals surface area (Å²) < 4.78 is 22.9. The minimum atomic E-state index is 0.263. The number of nitrogens with zero attached hydrogens (tertiary/aromatic N) is 1. The van der Waals surface area contributed by atoms with E-state index in [2.05, 4.69) is 54.3 Å². The molecule has 3 aromatic carbocycles. The van der Waals surface area contributed by atoms with Gasteiger partial charge in [0.15, 0.2) is 22.8 Å². The standard InChI is InChI=1S/C28H29NO4/c1-18-23-16-26(31-3)25(30-2)14-21(23)10-11-29(18)17-19-12-22-15-24(20-8-6-5-7-9-20)33-28(22)27(13-19)32-4/h5-9,12-16,18H,10-11,17H2,1-4H3. The number of rotatable bonds is 6. The smallest absolute Gasteiger partial charge is 0.176 e. The van der Waals surface area contributed by atoms with Crippen LogP contribution in [0.15, 0.2) is 65.1 Å². The first-order chi connectivity index (χ1) is 16.1. The predicted molar refractivity (Wildman–Crippen MR) is 130 cm³/mol. The Labute approximate surface area is 194 Å². The largest absolute Gasteiger partial charge is 0.493 e. The second-order valence-corrected chi connectivity index (χ2v) is 8.50. The molecule has 0 spiro atoms. The van der Waals surface area contributed by atoms with E-state index < -0.39 is 0 Å². The minimum Gasteiger partial charge on any atom is -0.493 e. The number of fused-ring (bicyclic) bond motifs is 2. The van der Waals surface area contributed by atoms with Crippen LogP contribution < -0.4 is 14.2 Å². The molecule has 5 nitrogen and oxygen atoms in total. The topological polar surface area (TPSA) is 44.1 Å². The van der Waals surface area contributed by atoms with Crippen molar-refractivity contribution in [2.75, 3.05) is 27.9 Å². The van der Waals surface area contributed by atoms with Crippen LogP contribution in [0.4, 0.5) is 0 Å². The summed E-state index contributed by atoms with van der Waals surface area (Å²) in [6.45, 7) is 4.06. The van der Waals surface area contributed by atoms with Crippen molar-refractivity contribution in [3.8, 4) is 28.6 Å². The molecule has 0 radical (unpaired) electrons. The van der Waals surface area contributed by atoms with Crippen molar-refractivity contribution in [3.63, 3.8) is 0 Å². The fraction of sp³-hybridized carbons (Fsp3) is 0.286. The first-order valence-corrected chi connectivity index (χ1v) is 11.3. The van der Waals surface area contributed by atoms with Gasteiger partial charge in [-0.25, -0.2) is 0 Å². The maximum Gasteiger partial charge on any atom is 0.176 e. The van der Waals surface area contributed by atoms with Gasteiger partial charge in [0.1, 0.15) is 5.76 Å². The van der Waals surface area contributed by atoms with Crippen LogP contribution in [-0.4, -0.2) is 32.8 Å². The molecule has 0 saturated heterocycles. The summed E-state index contributed by atoms with van der Waals surface area (Å²) in [6.07, 6.45) is 0.975. The Morgan fingerprint density at radius 3 is 2.33 bits per heavy atom. The highest BCUT2D eigenvalue weighted by Crippen LogP contribution is 2.39. The van der Waals surface area contributed by atoms with Gasteiger partial charge in [0.05, 0.1) is 21.3 Å². The Kier molecular flexibility index (Phi) is 5.73. The third-order valence-corrected chi connectivity index (χ3v) is 6.62. The van der Waals surface area contributed by atoms with Crippen LogP contribution in [0.2, 0.25) is 0 Å². The average Bonchev–Trinajstić information content (AvgIpc) is 3.29. The number of hydrogen-bond donors (Lipinski definition) is 0. The van der Waals surface area contributed by atoms with Crippen LogP contribution in [0.25, 0.3) is 22.3 Å². The molecule has 5 rings (SSSR count). The van der Waals surface area contributed by atoms with Gasteiger partial charge in [0, 0.05) is 30.1 Å². The van der Waals surface area contributed by atoms with Crippen molar-refractivity contribution in [1.29, 1.82) is 0 Å². The summed E-state index contributed by atoms with van der Waals surface area (Å²) in [5.41, 5.74) is 5.67. The monoisotopic (exact) mass is 443 g/mol. The molecule has 1 aromatic heterocycles. The van der Waals surface area contributed by atoms with Crippen molar-refractivity contribution in [2.24, 2.45) is 0 Å². The van der Waals surface area contributed by atoms with Crippen LogP contribution in [0.5, 0.6) is 17.2 Å². The summed E-state index contributed by atoms with van der Waals surface area (Å²) in [4.78, 5) is 2.49. The van der Waals surface area contributed by atoms with Crippen LogP contribution >= 0.6 is 0 Å². The molecule has 0 aliphatic carbocycles. The fourth-order valence-electron chi connectivity index (χ4n) is 4.81. The molecule has 170 valence electrons. The Morgan fingerprint density at radius 1 is 0.879 bits per heavy atom. The zero-order chi connectivity index (χ0) is 22.9.